The summed E-state index contributed by atoms with van der Waals surface area (Å²) in [6.45, 7) is 4.94. The van der Waals surface area contributed by atoms with Gasteiger partial charge in [0, 0.05) is 26.9 Å². The maximum atomic E-state index is 12.9. The molecule has 0 saturated carbocycles. The van der Waals surface area contributed by atoms with Gasteiger partial charge in [-0.05, 0) is 31.5 Å². The van der Waals surface area contributed by atoms with Gasteiger partial charge < -0.3 is 10.3 Å². The third-order valence-corrected chi connectivity index (χ3v) is 7.40. The normalized spacial score (nSPS) is 12.7. The molecule has 8 heteroatoms. The first-order valence-corrected chi connectivity index (χ1v) is 11.9. The standard InChI is InChI=1S/C26H22N6OS/c1-15-16(2)34-26-23(15)24(17-8-4-3-5-9-17)27-13-21-30-31-22(32(21)26)14-28-25(33)20-12-18-10-6-7-11-19(18)29-20/h3-12,29H,13-14H2,1-2H3,(H,28,33). The average Bonchev–Trinajstić information content (AvgIpc) is 3.52. The Bertz CT molecular complexity index is 1540. The number of hydrogen-bond donors (Lipinski definition) is 2. The van der Waals surface area contributed by atoms with Gasteiger partial charge in [-0.25, -0.2) is 0 Å². The van der Waals surface area contributed by atoms with Crippen LogP contribution in [0.25, 0.3) is 15.9 Å². The SMILES string of the molecule is Cc1sc2c(c1C)C(c1ccccc1)=NCc1nnc(CNC(=O)c3cc4ccccc4[nH]3)n1-2. The summed E-state index contributed by atoms with van der Waals surface area (Å²) in [5, 5.41) is 13.9. The second-order valence-corrected chi connectivity index (χ2v) is 9.52. The topological polar surface area (TPSA) is 88.0 Å². The number of aromatic amines is 1. The number of para-hydroxylation sites is 1. The van der Waals surface area contributed by atoms with E-state index >= 15 is 0 Å². The Morgan fingerprint density at radius 1 is 1.09 bits per heavy atom. The lowest BCUT2D eigenvalue weighted by Crippen LogP contribution is -2.25. The number of hydrogen-bond acceptors (Lipinski definition) is 5. The van der Waals surface area contributed by atoms with Gasteiger partial charge in [0.05, 0.1) is 12.3 Å². The Morgan fingerprint density at radius 3 is 2.71 bits per heavy atom. The van der Waals surface area contributed by atoms with Crippen LogP contribution < -0.4 is 5.32 Å². The van der Waals surface area contributed by atoms with E-state index in [1.165, 1.54) is 10.4 Å². The van der Waals surface area contributed by atoms with Gasteiger partial charge in [0.25, 0.3) is 5.91 Å². The predicted octanol–water partition coefficient (Wildman–Crippen LogP) is 4.71. The Hall–Kier alpha value is -4.04. The van der Waals surface area contributed by atoms with Gasteiger partial charge in [0.15, 0.2) is 11.6 Å². The lowest BCUT2D eigenvalue weighted by molar-refractivity contribution is 0.0945. The van der Waals surface area contributed by atoms with Crippen molar-refractivity contribution < 1.29 is 4.79 Å². The molecule has 0 spiro atoms. The van der Waals surface area contributed by atoms with Crippen molar-refractivity contribution in [3.8, 4) is 5.00 Å². The molecule has 1 aliphatic heterocycles. The summed E-state index contributed by atoms with van der Waals surface area (Å²) in [6.07, 6.45) is 0. The highest BCUT2D eigenvalue weighted by atomic mass is 32.1. The molecule has 0 aliphatic carbocycles. The molecule has 7 nitrogen and oxygen atoms in total. The van der Waals surface area contributed by atoms with Gasteiger partial charge >= 0.3 is 0 Å². The quantitative estimate of drug-likeness (QED) is 0.402. The maximum Gasteiger partial charge on any atom is 0.268 e. The van der Waals surface area contributed by atoms with Crippen molar-refractivity contribution in [2.45, 2.75) is 26.9 Å². The summed E-state index contributed by atoms with van der Waals surface area (Å²) in [5.41, 5.74) is 5.82. The van der Waals surface area contributed by atoms with Gasteiger partial charge in [-0.2, -0.15) is 0 Å². The molecule has 34 heavy (non-hydrogen) atoms. The van der Waals surface area contributed by atoms with Crippen LogP contribution in [0.3, 0.4) is 0 Å². The Kier molecular flexibility index (Phi) is 4.88. The van der Waals surface area contributed by atoms with E-state index in [0.717, 1.165) is 38.6 Å². The summed E-state index contributed by atoms with van der Waals surface area (Å²) in [7, 11) is 0. The predicted molar refractivity (Wildman–Crippen MR) is 134 cm³/mol. The van der Waals surface area contributed by atoms with Crippen molar-refractivity contribution in [2.75, 3.05) is 0 Å². The molecule has 0 saturated heterocycles. The summed E-state index contributed by atoms with van der Waals surface area (Å²) in [4.78, 5) is 22.2. The van der Waals surface area contributed by atoms with Crippen LogP contribution >= 0.6 is 11.3 Å². The first-order valence-electron chi connectivity index (χ1n) is 11.1. The van der Waals surface area contributed by atoms with Gasteiger partial charge in [0.2, 0.25) is 0 Å². The Balaban J connectivity index is 1.35. The van der Waals surface area contributed by atoms with Crippen molar-refractivity contribution in [1.82, 2.24) is 25.1 Å². The number of fused-ring (bicyclic) bond motifs is 4. The molecule has 0 unspecified atom stereocenters. The van der Waals surface area contributed by atoms with E-state index in [0.29, 0.717) is 18.1 Å². The van der Waals surface area contributed by atoms with Crippen molar-refractivity contribution in [3.63, 3.8) is 0 Å². The molecule has 168 valence electrons. The molecule has 2 N–H and O–H groups in total. The van der Waals surface area contributed by atoms with Crippen LogP contribution in [-0.2, 0) is 13.1 Å². The minimum absolute atomic E-state index is 0.179. The van der Waals surface area contributed by atoms with Crippen LogP contribution in [0, 0.1) is 13.8 Å². The van der Waals surface area contributed by atoms with E-state index < -0.39 is 0 Å². The zero-order valence-corrected chi connectivity index (χ0v) is 19.6. The number of carbonyl (C=O) groups is 1. The van der Waals surface area contributed by atoms with E-state index in [9.17, 15) is 4.79 Å². The first-order chi connectivity index (χ1) is 16.6. The lowest BCUT2D eigenvalue weighted by atomic mass is 10.00. The van der Waals surface area contributed by atoms with Crippen LogP contribution in [0.4, 0.5) is 0 Å². The van der Waals surface area contributed by atoms with Crippen molar-refractivity contribution in [1.29, 1.82) is 0 Å². The number of nitrogens with one attached hydrogen (secondary N) is 2. The molecule has 5 aromatic rings. The smallest absolute Gasteiger partial charge is 0.268 e. The second-order valence-electron chi connectivity index (χ2n) is 8.32. The van der Waals surface area contributed by atoms with Crippen LogP contribution in [0.5, 0.6) is 0 Å². The minimum Gasteiger partial charge on any atom is -0.351 e. The number of thiophene rings is 1. The van der Waals surface area contributed by atoms with Gasteiger partial charge in [0.1, 0.15) is 17.2 Å². The highest BCUT2D eigenvalue weighted by Gasteiger charge is 2.27. The summed E-state index contributed by atoms with van der Waals surface area (Å²) in [5.74, 6) is 1.27. The third-order valence-electron chi connectivity index (χ3n) is 6.21. The molecular formula is C26H22N6OS. The van der Waals surface area contributed by atoms with E-state index in [-0.39, 0.29) is 12.5 Å². The summed E-state index contributed by atoms with van der Waals surface area (Å²) < 4.78 is 2.06. The monoisotopic (exact) mass is 466 g/mol. The molecule has 6 rings (SSSR count). The van der Waals surface area contributed by atoms with E-state index in [2.05, 4.69) is 51.0 Å². The van der Waals surface area contributed by atoms with Crippen LogP contribution in [0.15, 0.2) is 65.7 Å². The summed E-state index contributed by atoms with van der Waals surface area (Å²) >= 11 is 1.71. The molecule has 1 aliphatic rings. The molecule has 0 bridgehead atoms. The third kappa shape index (κ3) is 3.34. The fourth-order valence-electron chi connectivity index (χ4n) is 4.36. The Morgan fingerprint density at radius 2 is 1.88 bits per heavy atom. The average molecular weight is 467 g/mol. The number of carbonyl (C=O) groups excluding carboxylic acids is 1. The van der Waals surface area contributed by atoms with Crippen molar-refractivity contribution >= 4 is 33.9 Å². The van der Waals surface area contributed by atoms with Gasteiger partial charge in [-0.1, -0.05) is 48.5 Å². The zero-order chi connectivity index (χ0) is 23.2. The number of aromatic nitrogens is 4. The van der Waals surface area contributed by atoms with Gasteiger partial charge in [-0.3, -0.25) is 14.4 Å². The number of aliphatic imine (C=N–C) groups is 1. The van der Waals surface area contributed by atoms with Crippen molar-refractivity contribution in [3.05, 3.63) is 99.6 Å². The highest BCUT2D eigenvalue weighted by Crippen LogP contribution is 2.36. The van der Waals surface area contributed by atoms with Gasteiger partial charge in [-0.15, -0.1) is 21.5 Å². The molecule has 0 radical (unpaired) electrons. The molecule has 1 amide bonds. The largest absolute Gasteiger partial charge is 0.351 e. The number of benzene rings is 2. The molecular weight excluding hydrogens is 444 g/mol. The fourth-order valence-corrected chi connectivity index (χ4v) is 5.56. The minimum atomic E-state index is -0.179. The molecule has 0 atom stereocenters. The molecule has 0 fully saturated rings. The van der Waals surface area contributed by atoms with E-state index in [4.69, 9.17) is 4.99 Å². The van der Waals surface area contributed by atoms with Crippen LogP contribution in [-0.4, -0.2) is 31.4 Å². The van der Waals surface area contributed by atoms with E-state index in [1.807, 2.05) is 48.5 Å². The molecule has 3 aromatic heterocycles. The number of amides is 1. The highest BCUT2D eigenvalue weighted by molar-refractivity contribution is 7.15. The fraction of sp³-hybridized carbons (Fsp3) is 0.154. The zero-order valence-electron chi connectivity index (χ0n) is 18.8. The van der Waals surface area contributed by atoms with Crippen molar-refractivity contribution in [2.24, 2.45) is 4.99 Å². The lowest BCUT2D eigenvalue weighted by Gasteiger charge is -2.10. The Labute approximate surface area is 200 Å². The summed E-state index contributed by atoms with van der Waals surface area (Å²) in [6, 6.07) is 19.9. The maximum absolute atomic E-state index is 12.9. The van der Waals surface area contributed by atoms with Crippen LogP contribution in [0.2, 0.25) is 0 Å². The van der Waals surface area contributed by atoms with E-state index in [1.54, 1.807) is 11.3 Å². The van der Waals surface area contributed by atoms with Crippen LogP contribution in [0.1, 0.15) is 43.7 Å². The number of nitrogens with zero attached hydrogens (tertiary/aromatic N) is 4. The molecule has 4 heterocycles. The second kappa shape index (κ2) is 8.07. The number of aryl methyl sites for hydroxylation is 1. The number of rotatable bonds is 4. The first kappa shape index (κ1) is 20.6. The molecule has 2 aromatic carbocycles. The number of H-pyrrole nitrogens is 1.